The molecule has 0 spiro atoms. The second-order valence-corrected chi connectivity index (χ2v) is 40.3. The number of allylic oxidation sites excluding steroid dienone is 6. The van der Waals surface area contributed by atoms with Gasteiger partial charge in [0.15, 0.2) is 0 Å². The van der Waals surface area contributed by atoms with Crippen LogP contribution in [0.3, 0.4) is 0 Å². The first-order chi connectivity index (χ1) is 67.3. The quantitative estimate of drug-likeness (QED) is 0.0940. The molecule has 0 bridgehead atoms. The summed E-state index contributed by atoms with van der Waals surface area (Å²) in [7, 11) is 0. The Labute approximate surface area is 809 Å². The highest BCUT2D eigenvalue weighted by molar-refractivity contribution is 7.02. The van der Waals surface area contributed by atoms with E-state index in [0.29, 0.717) is 0 Å². The van der Waals surface area contributed by atoms with Gasteiger partial charge in [0, 0.05) is 105 Å². The van der Waals surface area contributed by atoms with E-state index in [0.717, 1.165) is 29.2 Å². The first kappa shape index (κ1) is 84.4. The first-order valence-corrected chi connectivity index (χ1v) is 49.5. The van der Waals surface area contributed by atoms with Gasteiger partial charge in [-0.05, 0) is 243 Å². The standard InChI is InChI=1S/C129H109B3N6/c1-76-64-91(133-109-52-28-16-40-97(109)98-41-17-29-53-110(98)133)65-77(2)121(76)130(122-78(3)66-92(67-79(122)4)134-111-54-30-18-42-99(111)100-43-19-31-55-112(100)134)127-88(13)128(131(123-80(5)68-93(69-81(123)6)135-113-56-32-20-44-101(113)102-45-21-33-57-114(102)135)124-82(7)70-94(71-83(124)8)136-115-58-34-22-46-103(115)104-47-23-35-59-116(104)136)90(15)129(89(127)14)132(125-84(9)72-95(73-85(125)10)137-117-60-36-24-48-105(117)106-49-25-37-61-118(106)137)126-86(11)74-96(75-87(126)12)138-119-62-38-26-50-107(119)108-51-27-39-63-120(108)138/h16-74,96-97,109H,75H2,1-15H3. The van der Waals surface area contributed by atoms with Crippen LogP contribution in [0.2, 0.25) is 0 Å². The first-order valence-electron chi connectivity index (χ1n) is 49.5. The lowest BCUT2D eigenvalue weighted by atomic mass is 9.25. The molecule has 664 valence electrons. The van der Waals surface area contributed by atoms with Crippen LogP contribution in [0, 0.1) is 90.0 Å². The Morgan fingerprint density at radius 1 is 0.239 bits per heavy atom. The van der Waals surface area contributed by atoms with Crippen molar-refractivity contribution in [1.29, 1.82) is 0 Å². The Kier molecular flexibility index (Phi) is 19.9. The molecule has 3 aliphatic rings. The summed E-state index contributed by atoms with van der Waals surface area (Å²) in [5.74, 6) is 0.223. The van der Waals surface area contributed by atoms with Crippen LogP contribution in [0.25, 0.3) is 132 Å². The Hall–Kier alpha value is -15.3. The van der Waals surface area contributed by atoms with Crippen molar-refractivity contribution in [3.8, 4) is 22.7 Å². The van der Waals surface area contributed by atoms with E-state index < -0.39 is 0 Å². The van der Waals surface area contributed by atoms with Gasteiger partial charge in [0.25, 0.3) is 0 Å². The maximum absolute atomic E-state index is 2.68. The molecular formula is C129H109B3N6. The van der Waals surface area contributed by atoms with Crippen LogP contribution in [-0.2, 0) is 0 Å². The zero-order valence-electron chi connectivity index (χ0n) is 81.4. The van der Waals surface area contributed by atoms with Crippen molar-refractivity contribution in [2.24, 2.45) is 0 Å². The monoisotopic (exact) mass is 1770 g/mol. The van der Waals surface area contributed by atoms with Crippen molar-refractivity contribution in [1.82, 2.24) is 22.8 Å². The number of aryl methyl sites for hydroxylation is 10. The summed E-state index contributed by atoms with van der Waals surface area (Å²) in [5.41, 5.74) is 51.9. The molecule has 6 heterocycles. The van der Waals surface area contributed by atoms with Gasteiger partial charge in [0.05, 0.1) is 56.2 Å². The molecule has 0 saturated heterocycles. The molecule has 0 fully saturated rings. The van der Waals surface area contributed by atoms with Gasteiger partial charge >= 0.3 is 0 Å². The predicted octanol–water partition coefficient (Wildman–Crippen LogP) is 27.0. The van der Waals surface area contributed by atoms with Crippen LogP contribution in [0.5, 0.6) is 0 Å². The summed E-state index contributed by atoms with van der Waals surface area (Å²) >= 11 is 0. The van der Waals surface area contributed by atoms with Crippen LogP contribution in [-0.4, -0.2) is 49.0 Å². The zero-order valence-corrected chi connectivity index (χ0v) is 81.4. The zero-order chi connectivity index (χ0) is 93.8. The van der Waals surface area contributed by atoms with Crippen molar-refractivity contribution in [3.63, 3.8) is 0 Å². The van der Waals surface area contributed by atoms with E-state index >= 15 is 0 Å². The van der Waals surface area contributed by atoms with E-state index in [1.54, 1.807) is 0 Å². The second-order valence-electron chi connectivity index (χ2n) is 40.3. The SMILES string of the molecule is CC1=CC(n2c3ccccc3c3ccccc32)CC(C)=C1B(c1c(C)cc(-n2c3ccccc3c3ccccc32)cc1C)c1c(C)c(B(c2c(C)cc(N3c4ccccc4C4C=CC=CC43)cc2C)c2c(C)cc(-n3c4ccccc4c4ccccc43)cc2C)c(C)c(B(c2c(C)cc(-n3c4ccccc4c4ccccc43)cc2C)c2c(C)cc(-n3c4ccccc4c4ccccc43)cc2C)c1C. The third kappa shape index (κ3) is 12.7. The third-order valence-corrected chi connectivity index (χ3v) is 32.3. The maximum atomic E-state index is 2.68. The molecule has 0 radical (unpaired) electrons. The van der Waals surface area contributed by atoms with Crippen LogP contribution in [0.4, 0.5) is 11.4 Å². The maximum Gasteiger partial charge on any atom is 0.243 e. The van der Waals surface area contributed by atoms with E-state index in [9.17, 15) is 0 Å². The van der Waals surface area contributed by atoms with E-state index in [4.69, 9.17) is 0 Å². The van der Waals surface area contributed by atoms with Gasteiger partial charge < -0.3 is 27.7 Å². The lowest BCUT2D eigenvalue weighted by Gasteiger charge is -2.37. The largest absolute Gasteiger partial charge is 0.333 e. The molecule has 0 N–H and O–H groups in total. The highest BCUT2D eigenvalue weighted by atomic mass is 15.2. The van der Waals surface area contributed by atoms with Crippen molar-refractivity contribution in [2.45, 2.75) is 128 Å². The van der Waals surface area contributed by atoms with Gasteiger partial charge in [0.2, 0.25) is 20.1 Å². The van der Waals surface area contributed by atoms with Crippen LogP contribution < -0.4 is 48.6 Å². The molecule has 22 aromatic rings. The molecule has 1 aliphatic heterocycles. The number of para-hydroxylation sites is 11. The summed E-state index contributed by atoms with van der Waals surface area (Å²) in [5, 5.41) is 12.6. The fraction of sp³-hybridized carbons (Fsp3) is 0.147. The fourth-order valence-corrected chi connectivity index (χ4v) is 27.1. The molecule has 25 rings (SSSR count). The van der Waals surface area contributed by atoms with Gasteiger partial charge in [-0.25, -0.2) is 0 Å². The van der Waals surface area contributed by atoms with Crippen molar-refractivity contribution < 1.29 is 0 Å². The molecule has 5 aromatic heterocycles. The van der Waals surface area contributed by atoms with E-state index in [2.05, 4.69) is 490 Å². The molecule has 2 aliphatic carbocycles. The van der Waals surface area contributed by atoms with Gasteiger partial charge in [-0.1, -0.05) is 363 Å². The number of hydrogen-bond donors (Lipinski definition) is 0. The summed E-state index contributed by atoms with van der Waals surface area (Å²) in [4.78, 5) is 2.65. The number of nitrogens with zero attached hydrogens (tertiary/aromatic N) is 6. The highest BCUT2D eigenvalue weighted by Gasteiger charge is 2.45. The van der Waals surface area contributed by atoms with Gasteiger partial charge in [-0.15, -0.1) is 0 Å². The molecule has 138 heavy (non-hydrogen) atoms. The van der Waals surface area contributed by atoms with E-state index in [-0.39, 0.29) is 38.1 Å². The summed E-state index contributed by atoms with van der Waals surface area (Å²) < 4.78 is 12.8. The molecule has 3 unspecified atom stereocenters. The van der Waals surface area contributed by atoms with Crippen LogP contribution >= 0.6 is 0 Å². The molecule has 9 heteroatoms. The molecule has 17 aromatic carbocycles. The minimum atomic E-state index is -0.327. The minimum Gasteiger partial charge on any atom is -0.333 e. The lowest BCUT2D eigenvalue weighted by Crippen LogP contribution is -2.66. The lowest BCUT2D eigenvalue weighted by molar-refractivity contribution is 0.622. The fourth-order valence-electron chi connectivity index (χ4n) is 27.1. The number of benzene rings is 17. The minimum absolute atomic E-state index is 0.0305. The predicted molar refractivity (Wildman–Crippen MR) is 595 cm³/mol. The topological polar surface area (TPSA) is 27.9 Å². The Morgan fingerprint density at radius 2 is 0.478 bits per heavy atom. The summed E-state index contributed by atoms with van der Waals surface area (Å²) in [6, 6.07) is 125. The smallest absolute Gasteiger partial charge is 0.243 e. The normalized spacial score (nSPS) is 14.9. The van der Waals surface area contributed by atoms with Crippen molar-refractivity contribution in [2.75, 3.05) is 4.90 Å². The molecule has 0 saturated carbocycles. The summed E-state index contributed by atoms with van der Waals surface area (Å²) in [6.45, 7) is 36.3. The van der Waals surface area contributed by atoms with Gasteiger partial charge in [-0.2, -0.15) is 0 Å². The third-order valence-electron chi connectivity index (χ3n) is 32.3. The number of rotatable bonds is 15. The molecular weight excluding hydrogens is 1670 g/mol. The average molecular weight is 1780 g/mol. The second kappa shape index (κ2) is 32.5. The Balaban J connectivity index is 0.822. The molecule has 0 amide bonds. The number of fused-ring (bicyclic) bond motifs is 18. The van der Waals surface area contributed by atoms with Gasteiger partial charge in [0.1, 0.15) is 0 Å². The Bertz CT molecular complexity index is 8580. The van der Waals surface area contributed by atoms with Crippen LogP contribution in [0.15, 0.2) is 375 Å². The summed E-state index contributed by atoms with van der Waals surface area (Å²) in [6.07, 6.45) is 12.9. The number of hydrogen-bond acceptors (Lipinski definition) is 1. The molecule has 6 nitrogen and oxygen atoms in total. The van der Waals surface area contributed by atoms with Crippen molar-refractivity contribution >= 4 is 184 Å². The average Bonchev–Trinajstić information content (AvgIpc) is 0.898. The number of aromatic nitrogens is 5. The Morgan fingerprint density at radius 3 is 0.775 bits per heavy atom. The molecule has 3 atom stereocenters. The van der Waals surface area contributed by atoms with Gasteiger partial charge in [-0.3, -0.25) is 0 Å². The van der Waals surface area contributed by atoms with E-state index in [1.165, 1.54) is 259 Å². The van der Waals surface area contributed by atoms with Crippen LogP contribution in [0.1, 0.15) is 110 Å². The number of anilines is 2. The highest BCUT2D eigenvalue weighted by Crippen LogP contribution is 2.49. The van der Waals surface area contributed by atoms with Crippen molar-refractivity contribution in [3.05, 3.63) is 452 Å². The van der Waals surface area contributed by atoms with E-state index in [1.807, 2.05) is 0 Å².